The number of nitrogens with zero attached hydrogens (tertiary/aromatic N) is 4. The van der Waals surface area contributed by atoms with E-state index in [1.54, 1.807) is 18.0 Å². The number of amides is 1. The molecule has 0 aliphatic carbocycles. The van der Waals surface area contributed by atoms with Gasteiger partial charge in [-0.2, -0.15) is 0 Å². The molecular weight excluding hydrogens is 432 g/mol. The lowest BCUT2D eigenvalue weighted by Crippen LogP contribution is -2.40. The van der Waals surface area contributed by atoms with Crippen LogP contribution in [-0.2, 0) is 17.0 Å². The van der Waals surface area contributed by atoms with Crippen molar-refractivity contribution >= 4 is 28.7 Å². The summed E-state index contributed by atoms with van der Waals surface area (Å²) in [6.45, 7) is 5.28. The molecule has 1 aliphatic rings. The maximum atomic E-state index is 12.7. The molecule has 33 heavy (non-hydrogen) atoms. The predicted octanol–water partition coefficient (Wildman–Crippen LogP) is 4.55. The average molecular weight is 459 g/mol. The monoisotopic (exact) mass is 458 g/mol. The zero-order valence-corrected chi connectivity index (χ0v) is 19.4. The van der Waals surface area contributed by atoms with E-state index in [4.69, 9.17) is 9.72 Å². The second kappa shape index (κ2) is 9.77. The molecule has 6 nitrogen and oxygen atoms in total. The van der Waals surface area contributed by atoms with Crippen LogP contribution in [0.25, 0.3) is 11.0 Å². The van der Waals surface area contributed by atoms with E-state index in [1.807, 2.05) is 41.4 Å². The summed E-state index contributed by atoms with van der Waals surface area (Å²) in [6.07, 6.45) is 3.65. The highest BCUT2D eigenvalue weighted by Crippen LogP contribution is 2.27. The van der Waals surface area contributed by atoms with Gasteiger partial charge in [-0.3, -0.25) is 9.78 Å². The highest BCUT2D eigenvalue weighted by Gasteiger charge is 2.18. The van der Waals surface area contributed by atoms with Crippen LogP contribution < -0.4 is 0 Å². The minimum absolute atomic E-state index is 0.0662. The number of aromatic nitrogens is 3. The first-order valence-corrected chi connectivity index (χ1v) is 12.1. The number of carbonyl (C=O) groups is 1. The van der Waals surface area contributed by atoms with Crippen LogP contribution in [0.1, 0.15) is 27.0 Å². The van der Waals surface area contributed by atoms with Crippen molar-refractivity contribution in [2.45, 2.75) is 24.4 Å². The predicted molar refractivity (Wildman–Crippen MR) is 131 cm³/mol. The number of hydrogen-bond donors (Lipinski definition) is 0. The second-order valence-electron chi connectivity index (χ2n) is 8.22. The van der Waals surface area contributed by atoms with Gasteiger partial charge >= 0.3 is 0 Å². The SMILES string of the molecule is Cc1ccc(CSc2nc3ccncc3n2Cc2ccc(C(=O)N3CCOCC3)cc2)cc1. The number of ether oxygens (including phenoxy) is 1. The third kappa shape index (κ3) is 4.94. The van der Waals surface area contributed by atoms with Crippen molar-refractivity contribution in [3.05, 3.63) is 89.2 Å². The van der Waals surface area contributed by atoms with Crippen LogP contribution in [0.5, 0.6) is 0 Å². The van der Waals surface area contributed by atoms with E-state index in [0.717, 1.165) is 27.5 Å². The lowest BCUT2D eigenvalue weighted by Gasteiger charge is -2.26. The fourth-order valence-electron chi connectivity index (χ4n) is 3.93. The second-order valence-corrected chi connectivity index (χ2v) is 9.16. The van der Waals surface area contributed by atoms with Gasteiger partial charge in [0, 0.05) is 30.6 Å². The Morgan fingerprint density at radius 3 is 2.48 bits per heavy atom. The van der Waals surface area contributed by atoms with Gasteiger partial charge in [0.15, 0.2) is 5.16 Å². The number of imidazole rings is 1. The van der Waals surface area contributed by atoms with Crippen LogP contribution in [0.15, 0.2) is 72.1 Å². The molecule has 0 radical (unpaired) electrons. The smallest absolute Gasteiger partial charge is 0.254 e. The molecule has 1 fully saturated rings. The van der Waals surface area contributed by atoms with Crippen molar-refractivity contribution in [3.63, 3.8) is 0 Å². The zero-order chi connectivity index (χ0) is 22.6. The van der Waals surface area contributed by atoms with E-state index >= 15 is 0 Å². The molecule has 1 aliphatic heterocycles. The van der Waals surface area contributed by atoms with Crippen LogP contribution in [0.3, 0.4) is 0 Å². The highest BCUT2D eigenvalue weighted by molar-refractivity contribution is 7.98. The molecule has 5 rings (SSSR count). The fraction of sp³-hybridized carbons (Fsp3) is 0.269. The molecule has 4 aromatic rings. The van der Waals surface area contributed by atoms with E-state index in [1.165, 1.54) is 11.1 Å². The average Bonchev–Trinajstić information content (AvgIpc) is 3.21. The van der Waals surface area contributed by atoms with Gasteiger partial charge in [0.05, 0.1) is 37.0 Å². The van der Waals surface area contributed by atoms with Crippen LogP contribution in [0, 0.1) is 6.92 Å². The Hall–Kier alpha value is -3.16. The van der Waals surface area contributed by atoms with E-state index < -0.39 is 0 Å². The lowest BCUT2D eigenvalue weighted by molar-refractivity contribution is 0.0303. The standard InChI is InChI=1S/C26H26N4O2S/c1-19-2-4-21(5-3-19)18-33-26-28-23-10-11-27-16-24(23)30(26)17-20-6-8-22(9-7-20)25(31)29-12-14-32-15-13-29/h2-11,16H,12-15,17-18H2,1H3. The Bertz CT molecular complexity index is 1250. The lowest BCUT2D eigenvalue weighted by atomic mass is 10.1. The third-order valence-electron chi connectivity index (χ3n) is 5.84. The van der Waals surface area contributed by atoms with Gasteiger partial charge in [0.1, 0.15) is 0 Å². The topological polar surface area (TPSA) is 60.2 Å². The van der Waals surface area contributed by atoms with Gasteiger partial charge < -0.3 is 14.2 Å². The molecule has 1 saturated heterocycles. The van der Waals surface area contributed by atoms with Crippen LogP contribution in [-0.4, -0.2) is 51.6 Å². The molecule has 0 atom stereocenters. The summed E-state index contributed by atoms with van der Waals surface area (Å²) in [5.74, 6) is 0.917. The van der Waals surface area contributed by atoms with Gasteiger partial charge in [0.25, 0.3) is 5.91 Å². The van der Waals surface area contributed by atoms with Crippen LogP contribution in [0.2, 0.25) is 0 Å². The normalized spacial score (nSPS) is 14.0. The summed E-state index contributed by atoms with van der Waals surface area (Å²) in [4.78, 5) is 23.8. The molecule has 0 unspecified atom stereocenters. The quantitative estimate of drug-likeness (QED) is 0.397. The summed E-state index contributed by atoms with van der Waals surface area (Å²) in [6, 6.07) is 18.5. The van der Waals surface area contributed by atoms with Crippen molar-refractivity contribution in [2.24, 2.45) is 0 Å². The van der Waals surface area contributed by atoms with Crippen molar-refractivity contribution in [1.29, 1.82) is 0 Å². The molecule has 2 aromatic heterocycles. The van der Waals surface area contributed by atoms with Crippen LogP contribution in [0.4, 0.5) is 0 Å². The molecule has 0 N–H and O–H groups in total. The Balaban J connectivity index is 1.35. The zero-order valence-electron chi connectivity index (χ0n) is 18.6. The van der Waals surface area contributed by atoms with Crippen molar-refractivity contribution in [3.8, 4) is 0 Å². The van der Waals surface area contributed by atoms with Gasteiger partial charge in [-0.25, -0.2) is 4.98 Å². The summed E-state index contributed by atoms with van der Waals surface area (Å²) in [7, 11) is 0. The number of hydrogen-bond acceptors (Lipinski definition) is 5. The third-order valence-corrected chi connectivity index (χ3v) is 6.89. The number of thioether (sulfide) groups is 1. The Kier molecular flexibility index (Phi) is 6.41. The first kappa shape index (κ1) is 21.7. The van der Waals surface area contributed by atoms with E-state index in [9.17, 15) is 4.79 Å². The molecule has 2 aromatic carbocycles. The molecular formula is C26H26N4O2S. The van der Waals surface area contributed by atoms with Gasteiger partial charge in [-0.05, 0) is 36.2 Å². The van der Waals surface area contributed by atoms with E-state index in [-0.39, 0.29) is 5.91 Å². The molecule has 7 heteroatoms. The first-order valence-electron chi connectivity index (χ1n) is 11.1. The van der Waals surface area contributed by atoms with Gasteiger partial charge in [-0.15, -0.1) is 0 Å². The molecule has 3 heterocycles. The maximum Gasteiger partial charge on any atom is 0.254 e. The number of carbonyl (C=O) groups excluding carboxylic acids is 1. The number of benzene rings is 2. The Morgan fingerprint density at radius 1 is 1.00 bits per heavy atom. The van der Waals surface area contributed by atoms with Crippen molar-refractivity contribution in [2.75, 3.05) is 26.3 Å². The summed E-state index contributed by atoms with van der Waals surface area (Å²) in [5.41, 5.74) is 6.32. The minimum atomic E-state index is 0.0662. The molecule has 0 spiro atoms. The number of rotatable bonds is 6. The molecule has 1 amide bonds. The molecule has 168 valence electrons. The number of pyridine rings is 1. The van der Waals surface area contributed by atoms with Gasteiger partial charge in [0.2, 0.25) is 0 Å². The number of aryl methyl sites for hydroxylation is 1. The first-order chi connectivity index (χ1) is 16.2. The summed E-state index contributed by atoms with van der Waals surface area (Å²) >= 11 is 1.73. The van der Waals surface area contributed by atoms with Crippen molar-refractivity contribution in [1.82, 2.24) is 19.4 Å². The maximum absolute atomic E-state index is 12.7. The largest absolute Gasteiger partial charge is 0.378 e. The van der Waals surface area contributed by atoms with Gasteiger partial charge in [-0.1, -0.05) is 53.7 Å². The molecule has 0 saturated carbocycles. The molecule has 0 bridgehead atoms. The van der Waals surface area contributed by atoms with E-state index in [2.05, 4.69) is 40.7 Å². The Morgan fingerprint density at radius 2 is 1.73 bits per heavy atom. The summed E-state index contributed by atoms with van der Waals surface area (Å²) in [5, 5.41) is 0.965. The Labute approximate surface area is 197 Å². The van der Waals surface area contributed by atoms with Crippen LogP contribution >= 0.6 is 11.8 Å². The summed E-state index contributed by atoms with van der Waals surface area (Å²) < 4.78 is 7.56. The van der Waals surface area contributed by atoms with Crippen molar-refractivity contribution < 1.29 is 9.53 Å². The minimum Gasteiger partial charge on any atom is -0.378 e. The fourth-order valence-corrected chi connectivity index (χ4v) is 4.90. The number of fused-ring (bicyclic) bond motifs is 1. The number of morpholine rings is 1. The highest BCUT2D eigenvalue weighted by atomic mass is 32.2. The van der Waals surface area contributed by atoms with E-state index in [0.29, 0.717) is 38.4 Å².